The molecule has 11 heteroatoms. The normalized spacial score (nSPS) is 12.3. The van der Waals surface area contributed by atoms with E-state index in [0.29, 0.717) is 36.3 Å². The van der Waals surface area contributed by atoms with Gasteiger partial charge in [0, 0.05) is 27.5 Å². The highest BCUT2D eigenvalue weighted by Crippen LogP contribution is 2.45. The molecule has 0 radical (unpaired) electrons. The van der Waals surface area contributed by atoms with Gasteiger partial charge in [0.15, 0.2) is 0 Å². The van der Waals surface area contributed by atoms with Crippen LogP contribution in [0.2, 0.25) is 5.28 Å². The molecule has 4 aromatic carbocycles. The van der Waals surface area contributed by atoms with E-state index >= 15 is 0 Å². The summed E-state index contributed by atoms with van der Waals surface area (Å²) in [7, 11) is 3.05. The van der Waals surface area contributed by atoms with Gasteiger partial charge in [-0.1, -0.05) is 99.1 Å². The quantitative estimate of drug-likeness (QED) is 0.132. The summed E-state index contributed by atoms with van der Waals surface area (Å²) in [6.45, 7) is 6.45. The summed E-state index contributed by atoms with van der Waals surface area (Å²) in [5.41, 5.74) is 5.37. The van der Waals surface area contributed by atoms with Crippen molar-refractivity contribution in [3.8, 4) is 39.5 Å². The minimum Gasteiger partial charge on any atom is -0.308 e. The number of halogens is 4. The fraction of sp³-hybridized carbons (Fsp3) is 0.132. The van der Waals surface area contributed by atoms with Crippen molar-refractivity contribution in [2.24, 2.45) is 0 Å². The van der Waals surface area contributed by atoms with E-state index in [1.807, 2.05) is 65.2 Å². The summed E-state index contributed by atoms with van der Waals surface area (Å²) >= 11 is 6.54. The van der Waals surface area contributed by atoms with E-state index in [0.717, 1.165) is 45.1 Å². The molecule has 3 heterocycles. The van der Waals surface area contributed by atoms with Crippen LogP contribution in [0.5, 0.6) is 0 Å². The predicted octanol–water partition coefficient (Wildman–Crippen LogP) is 9.84. The first kappa shape index (κ1) is 33.0. The molecule has 0 bridgehead atoms. The zero-order valence-electron chi connectivity index (χ0n) is 26.7. The monoisotopic (exact) mass is 709 g/mol. The fourth-order valence-corrected chi connectivity index (χ4v) is 7.05. The lowest BCUT2D eigenvalue weighted by atomic mass is 9.86. The molecule has 244 valence electrons. The van der Waals surface area contributed by atoms with Crippen molar-refractivity contribution in [2.75, 3.05) is 0 Å². The van der Waals surface area contributed by atoms with Gasteiger partial charge in [0.1, 0.15) is 5.57 Å². The number of hydrogen-bond donors (Lipinski definition) is 0. The van der Waals surface area contributed by atoms with Crippen LogP contribution in [0.4, 0.5) is 13.2 Å². The summed E-state index contributed by atoms with van der Waals surface area (Å²) in [6, 6.07) is 29.1. The molecule has 7 aromatic rings. The molecule has 49 heavy (non-hydrogen) atoms. The highest BCUT2D eigenvalue weighted by Gasteiger charge is 2.34. The number of alkyl halides is 3. The molecule has 0 N–H and O–H groups in total. The summed E-state index contributed by atoms with van der Waals surface area (Å²) in [5.74, 6) is 0. The average molecular weight is 710 g/mol. The molecule has 0 spiro atoms. The second-order valence-corrected chi connectivity index (χ2v) is 14.3. The average Bonchev–Trinajstić information content (AvgIpc) is 3.40. The van der Waals surface area contributed by atoms with E-state index < -0.39 is 11.7 Å². The first-order valence-corrected chi connectivity index (χ1v) is 17.4. The van der Waals surface area contributed by atoms with Gasteiger partial charge >= 0.3 is 6.18 Å². The van der Waals surface area contributed by atoms with Crippen molar-refractivity contribution >= 4 is 68.2 Å². The van der Waals surface area contributed by atoms with Crippen molar-refractivity contribution in [2.45, 2.75) is 32.4 Å². The highest BCUT2D eigenvalue weighted by atomic mass is 35.5. The van der Waals surface area contributed by atoms with Crippen molar-refractivity contribution in [3.05, 3.63) is 113 Å². The first-order chi connectivity index (χ1) is 23.3. The minimum absolute atomic E-state index is 0.0919. The maximum atomic E-state index is 14.8. The number of para-hydroxylation sites is 1. The van der Waals surface area contributed by atoms with Crippen LogP contribution < -0.4 is 11.0 Å². The van der Waals surface area contributed by atoms with E-state index in [-0.39, 0.29) is 27.5 Å². The molecule has 0 amide bonds. The Morgan fingerprint density at radius 1 is 0.694 bits per heavy atom. The standard InChI is InChI=1S/C38H29ClF3N5P2/c1-37(2,3)22-14-15-32-25(16-22)24-12-8-9-13-31(24)47(32)34-26(29-19-28(43-35(39)44-29)21-10-6-5-7-11-21)17-23(38(40,41)42)18-27(34)30-20-33(49-4)46-36(48)45-30/h5-20H,4,48H2,1-3H3. The number of nitrogens with zero attached hydrogens (tertiary/aromatic N) is 5. The number of benzene rings is 4. The van der Waals surface area contributed by atoms with Crippen LogP contribution in [0, 0.1) is 0 Å². The Morgan fingerprint density at radius 2 is 1.33 bits per heavy atom. The van der Waals surface area contributed by atoms with Crippen molar-refractivity contribution < 1.29 is 13.2 Å². The van der Waals surface area contributed by atoms with Crippen LogP contribution in [-0.4, -0.2) is 30.8 Å². The van der Waals surface area contributed by atoms with E-state index in [1.165, 1.54) is 0 Å². The van der Waals surface area contributed by atoms with Crippen LogP contribution in [0.1, 0.15) is 31.9 Å². The van der Waals surface area contributed by atoms with Crippen LogP contribution in [-0.2, 0) is 11.6 Å². The molecule has 0 fully saturated rings. The number of hydrogen-bond acceptors (Lipinski definition) is 4. The third-order valence-corrected chi connectivity index (χ3v) is 9.39. The molecule has 0 aliphatic rings. The Balaban J connectivity index is 1.68. The Hall–Kier alpha value is -4.48. The SMILES string of the molecule is C=Pc1cc(-c2cc(C(F)(F)F)cc(-c3cc(-c4ccccc4)nc(Cl)n3)c2-n2c3ccccc3c3cc(C(C)(C)C)ccc32)nc(P)n1. The number of aromatic nitrogens is 5. The summed E-state index contributed by atoms with van der Waals surface area (Å²) < 4.78 is 46.6. The van der Waals surface area contributed by atoms with Gasteiger partial charge in [0.2, 0.25) is 5.28 Å². The maximum Gasteiger partial charge on any atom is 0.416 e. The first-order valence-electron chi connectivity index (χ1n) is 15.3. The number of rotatable bonds is 5. The summed E-state index contributed by atoms with van der Waals surface area (Å²) in [4.78, 5) is 18.0. The van der Waals surface area contributed by atoms with Crippen LogP contribution in [0.15, 0.2) is 97.1 Å². The Morgan fingerprint density at radius 3 is 2.00 bits per heavy atom. The summed E-state index contributed by atoms with van der Waals surface area (Å²) in [6.07, 6.45) is -0.747. The van der Waals surface area contributed by atoms with Crippen LogP contribution in [0.3, 0.4) is 0 Å². The van der Waals surface area contributed by atoms with Gasteiger partial charge in [-0.05, 0) is 65.0 Å². The van der Waals surface area contributed by atoms with Gasteiger partial charge in [-0.15, -0.1) is 0 Å². The zero-order chi connectivity index (χ0) is 34.7. The van der Waals surface area contributed by atoms with Gasteiger partial charge in [-0.2, -0.15) is 13.2 Å². The molecule has 0 aliphatic heterocycles. The van der Waals surface area contributed by atoms with E-state index in [4.69, 9.17) is 11.6 Å². The predicted molar refractivity (Wildman–Crippen MR) is 200 cm³/mol. The van der Waals surface area contributed by atoms with Crippen LogP contribution >= 0.6 is 29.0 Å². The van der Waals surface area contributed by atoms with E-state index in [2.05, 4.69) is 68.4 Å². The lowest BCUT2D eigenvalue weighted by Gasteiger charge is -2.22. The molecule has 3 aromatic heterocycles. The lowest BCUT2D eigenvalue weighted by molar-refractivity contribution is -0.137. The minimum atomic E-state index is -4.69. The van der Waals surface area contributed by atoms with Crippen molar-refractivity contribution in [1.82, 2.24) is 24.5 Å². The summed E-state index contributed by atoms with van der Waals surface area (Å²) in [5, 5.41) is 1.83. The van der Waals surface area contributed by atoms with Crippen LogP contribution in [0.25, 0.3) is 61.3 Å². The second kappa shape index (κ2) is 12.4. The highest BCUT2D eigenvalue weighted by molar-refractivity contribution is 7.45. The van der Waals surface area contributed by atoms with Gasteiger partial charge in [-0.25, -0.2) is 19.9 Å². The maximum absolute atomic E-state index is 14.8. The molecule has 1 unspecified atom stereocenters. The topological polar surface area (TPSA) is 56.5 Å². The smallest absolute Gasteiger partial charge is 0.308 e. The van der Waals surface area contributed by atoms with E-state index in [9.17, 15) is 13.2 Å². The molecule has 7 rings (SSSR count). The molecule has 0 saturated carbocycles. The van der Waals surface area contributed by atoms with E-state index in [1.54, 1.807) is 12.1 Å². The van der Waals surface area contributed by atoms with Crippen molar-refractivity contribution in [1.29, 1.82) is 0 Å². The zero-order valence-corrected chi connectivity index (χ0v) is 29.5. The third kappa shape index (κ3) is 6.25. The molecule has 0 saturated heterocycles. The van der Waals surface area contributed by atoms with Gasteiger partial charge in [0.25, 0.3) is 0 Å². The Labute approximate surface area is 290 Å². The van der Waals surface area contributed by atoms with Crippen molar-refractivity contribution in [3.63, 3.8) is 0 Å². The van der Waals surface area contributed by atoms with Gasteiger partial charge in [0.05, 0.1) is 44.8 Å². The molecule has 0 aliphatic carbocycles. The third-order valence-electron chi connectivity index (χ3n) is 8.41. The lowest BCUT2D eigenvalue weighted by Crippen LogP contribution is -2.16. The largest absolute Gasteiger partial charge is 0.416 e. The Kier molecular flexibility index (Phi) is 8.39. The van der Waals surface area contributed by atoms with Gasteiger partial charge < -0.3 is 4.57 Å². The fourth-order valence-electron chi connectivity index (χ4n) is 6.09. The molecule has 1 atom stereocenters. The van der Waals surface area contributed by atoms with Gasteiger partial charge in [-0.3, -0.25) is 0 Å². The Bertz CT molecular complexity index is 2420. The molecule has 5 nitrogen and oxygen atoms in total. The molecular weight excluding hydrogens is 681 g/mol. The second-order valence-electron chi connectivity index (χ2n) is 12.7. The molecular formula is C38H29ClF3N5P2. The number of fused-ring (bicyclic) bond motifs is 3.